The third kappa shape index (κ3) is 2.81. The minimum Gasteiger partial charge on any atom is -0.455 e. The Hall–Kier alpha value is -2.95. The molecule has 0 aliphatic rings. The number of carbonyl (C=O) groups excluding carboxylic acids is 1. The van der Waals surface area contributed by atoms with Crippen LogP contribution in [0.2, 0.25) is 0 Å². The van der Waals surface area contributed by atoms with Crippen molar-refractivity contribution in [3.63, 3.8) is 0 Å². The SMILES string of the molecule is O=C(OCc1nc2ccccc2[nH]c1=O)c1ccccc1. The Morgan fingerprint density at radius 1 is 1.05 bits per heavy atom. The van der Waals surface area contributed by atoms with Gasteiger partial charge in [-0.1, -0.05) is 30.3 Å². The van der Waals surface area contributed by atoms with Gasteiger partial charge in [-0.05, 0) is 24.3 Å². The maximum Gasteiger partial charge on any atom is 0.338 e. The van der Waals surface area contributed by atoms with Crippen LogP contribution in [-0.2, 0) is 11.3 Å². The number of para-hydroxylation sites is 2. The van der Waals surface area contributed by atoms with Crippen molar-refractivity contribution in [3.8, 4) is 0 Å². The number of hydrogen-bond acceptors (Lipinski definition) is 4. The van der Waals surface area contributed by atoms with E-state index in [0.29, 0.717) is 16.6 Å². The van der Waals surface area contributed by atoms with E-state index in [1.165, 1.54) is 0 Å². The fraction of sp³-hybridized carbons (Fsp3) is 0.0625. The van der Waals surface area contributed by atoms with Gasteiger partial charge in [0.15, 0.2) is 0 Å². The normalized spacial score (nSPS) is 10.5. The van der Waals surface area contributed by atoms with E-state index in [0.717, 1.165) is 0 Å². The molecule has 0 bridgehead atoms. The van der Waals surface area contributed by atoms with Crippen molar-refractivity contribution in [2.24, 2.45) is 0 Å². The second kappa shape index (κ2) is 5.58. The molecule has 5 nitrogen and oxygen atoms in total. The van der Waals surface area contributed by atoms with Crippen LogP contribution in [0.1, 0.15) is 16.1 Å². The van der Waals surface area contributed by atoms with Gasteiger partial charge in [-0.3, -0.25) is 4.79 Å². The molecule has 21 heavy (non-hydrogen) atoms. The monoisotopic (exact) mass is 280 g/mol. The molecule has 2 aromatic carbocycles. The van der Waals surface area contributed by atoms with Crippen LogP contribution in [0.15, 0.2) is 59.4 Å². The van der Waals surface area contributed by atoms with Gasteiger partial charge >= 0.3 is 5.97 Å². The highest BCUT2D eigenvalue weighted by Crippen LogP contribution is 2.07. The summed E-state index contributed by atoms with van der Waals surface area (Å²) >= 11 is 0. The molecule has 0 amide bonds. The largest absolute Gasteiger partial charge is 0.455 e. The summed E-state index contributed by atoms with van der Waals surface area (Å²) in [5.41, 5.74) is 1.57. The van der Waals surface area contributed by atoms with E-state index in [9.17, 15) is 9.59 Å². The topological polar surface area (TPSA) is 72.0 Å². The molecule has 0 fully saturated rings. The lowest BCUT2D eigenvalue weighted by Gasteiger charge is -2.05. The van der Waals surface area contributed by atoms with Crippen molar-refractivity contribution >= 4 is 17.0 Å². The average molecular weight is 280 g/mol. The summed E-state index contributed by atoms with van der Waals surface area (Å²) in [6, 6.07) is 15.8. The molecule has 1 aromatic heterocycles. The summed E-state index contributed by atoms with van der Waals surface area (Å²) in [4.78, 5) is 30.6. The van der Waals surface area contributed by atoms with Crippen molar-refractivity contribution in [1.29, 1.82) is 0 Å². The summed E-state index contributed by atoms with van der Waals surface area (Å²) in [6.45, 7) is -0.159. The molecule has 0 saturated heterocycles. The minimum absolute atomic E-state index is 0.159. The zero-order valence-electron chi connectivity index (χ0n) is 11.1. The maximum absolute atomic E-state index is 11.9. The Kier molecular flexibility index (Phi) is 3.47. The maximum atomic E-state index is 11.9. The minimum atomic E-state index is -0.482. The number of aromatic nitrogens is 2. The van der Waals surface area contributed by atoms with Crippen LogP contribution < -0.4 is 5.56 Å². The molecule has 0 atom stereocenters. The smallest absolute Gasteiger partial charge is 0.338 e. The van der Waals surface area contributed by atoms with E-state index in [2.05, 4.69) is 9.97 Å². The number of ether oxygens (including phenoxy) is 1. The zero-order valence-corrected chi connectivity index (χ0v) is 11.1. The van der Waals surface area contributed by atoms with E-state index in [-0.39, 0.29) is 17.9 Å². The van der Waals surface area contributed by atoms with E-state index in [1.54, 1.807) is 36.4 Å². The Labute approximate surface area is 120 Å². The van der Waals surface area contributed by atoms with Gasteiger partial charge < -0.3 is 9.72 Å². The van der Waals surface area contributed by atoms with Crippen molar-refractivity contribution in [2.75, 3.05) is 0 Å². The quantitative estimate of drug-likeness (QED) is 0.747. The molecule has 0 radical (unpaired) electrons. The van der Waals surface area contributed by atoms with Gasteiger partial charge in [0.25, 0.3) is 5.56 Å². The van der Waals surface area contributed by atoms with Gasteiger partial charge in [-0.25, -0.2) is 9.78 Å². The molecule has 104 valence electrons. The summed E-state index contributed by atoms with van der Waals surface area (Å²) in [5, 5.41) is 0. The molecule has 5 heteroatoms. The Morgan fingerprint density at radius 3 is 2.57 bits per heavy atom. The number of esters is 1. The van der Waals surface area contributed by atoms with E-state index in [1.807, 2.05) is 18.2 Å². The van der Waals surface area contributed by atoms with E-state index < -0.39 is 5.97 Å². The molecule has 0 saturated carbocycles. The summed E-state index contributed by atoms with van der Waals surface area (Å²) in [5.74, 6) is -0.482. The molecule has 3 rings (SSSR count). The van der Waals surface area contributed by atoms with Crippen LogP contribution in [0.5, 0.6) is 0 Å². The number of carbonyl (C=O) groups is 1. The average Bonchev–Trinajstić information content (AvgIpc) is 2.53. The van der Waals surface area contributed by atoms with Crippen LogP contribution in [0, 0.1) is 0 Å². The van der Waals surface area contributed by atoms with Crippen molar-refractivity contribution in [1.82, 2.24) is 9.97 Å². The fourth-order valence-corrected chi connectivity index (χ4v) is 1.96. The number of aromatic amines is 1. The Bertz CT molecular complexity index is 841. The van der Waals surface area contributed by atoms with Crippen LogP contribution in [0.4, 0.5) is 0 Å². The van der Waals surface area contributed by atoms with Crippen LogP contribution in [-0.4, -0.2) is 15.9 Å². The molecule has 1 heterocycles. The Morgan fingerprint density at radius 2 is 1.76 bits per heavy atom. The third-order valence-corrected chi connectivity index (χ3v) is 3.02. The predicted octanol–water partition coefficient (Wildman–Crippen LogP) is 2.28. The number of H-pyrrole nitrogens is 1. The molecular formula is C16H12N2O3. The molecule has 0 aliphatic carbocycles. The van der Waals surface area contributed by atoms with Gasteiger partial charge in [0.05, 0.1) is 16.6 Å². The molecule has 0 aliphatic heterocycles. The van der Waals surface area contributed by atoms with Crippen molar-refractivity contribution in [3.05, 3.63) is 76.2 Å². The van der Waals surface area contributed by atoms with Crippen LogP contribution >= 0.6 is 0 Å². The van der Waals surface area contributed by atoms with Gasteiger partial charge in [0.2, 0.25) is 0 Å². The first kappa shape index (κ1) is 13.1. The van der Waals surface area contributed by atoms with Crippen LogP contribution in [0.3, 0.4) is 0 Å². The second-order valence-electron chi connectivity index (χ2n) is 4.47. The highest BCUT2D eigenvalue weighted by atomic mass is 16.5. The molecule has 0 spiro atoms. The molecular weight excluding hydrogens is 268 g/mol. The van der Waals surface area contributed by atoms with Crippen LogP contribution in [0.25, 0.3) is 11.0 Å². The lowest BCUT2D eigenvalue weighted by molar-refractivity contribution is 0.0466. The molecule has 1 N–H and O–H groups in total. The Balaban J connectivity index is 1.81. The highest BCUT2D eigenvalue weighted by molar-refractivity contribution is 5.89. The number of benzene rings is 2. The third-order valence-electron chi connectivity index (χ3n) is 3.02. The predicted molar refractivity (Wildman–Crippen MR) is 77.9 cm³/mol. The zero-order chi connectivity index (χ0) is 14.7. The van der Waals surface area contributed by atoms with E-state index >= 15 is 0 Å². The molecule has 0 unspecified atom stereocenters. The van der Waals surface area contributed by atoms with Gasteiger partial charge in [0, 0.05) is 0 Å². The van der Waals surface area contributed by atoms with Crippen molar-refractivity contribution in [2.45, 2.75) is 6.61 Å². The number of nitrogens with zero attached hydrogens (tertiary/aromatic N) is 1. The molecule has 3 aromatic rings. The lowest BCUT2D eigenvalue weighted by Crippen LogP contribution is -2.17. The van der Waals surface area contributed by atoms with E-state index in [4.69, 9.17) is 4.74 Å². The number of hydrogen-bond donors (Lipinski definition) is 1. The number of fused-ring (bicyclic) bond motifs is 1. The first-order chi connectivity index (χ1) is 10.2. The summed E-state index contributed by atoms with van der Waals surface area (Å²) in [7, 11) is 0. The summed E-state index contributed by atoms with van der Waals surface area (Å²) in [6.07, 6.45) is 0. The number of nitrogens with one attached hydrogen (secondary N) is 1. The summed E-state index contributed by atoms with van der Waals surface area (Å²) < 4.78 is 5.12. The lowest BCUT2D eigenvalue weighted by atomic mass is 10.2. The van der Waals surface area contributed by atoms with Gasteiger partial charge in [-0.2, -0.15) is 0 Å². The highest BCUT2D eigenvalue weighted by Gasteiger charge is 2.10. The van der Waals surface area contributed by atoms with Gasteiger partial charge in [0.1, 0.15) is 12.3 Å². The van der Waals surface area contributed by atoms with Crippen molar-refractivity contribution < 1.29 is 9.53 Å². The fourth-order valence-electron chi connectivity index (χ4n) is 1.96. The standard InChI is InChI=1S/C16H12N2O3/c19-15-14(17-12-8-4-5-9-13(12)18-15)10-21-16(20)11-6-2-1-3-7-11/h1-9H,10H2,(H,18,19). The second-order valence-corrected chi connectivity index (χ2v) is 4.47. The first-order valence-corrected chi connectivity index (χ1v) is 6.44. The first-order valence-electron chi connectivity index (χ1n) is 6.44. The number of rotatable bonds is 3. The van der Waals surface area contributed by atoms with Gasteiger partial charge in [-0.15, -0.1) is 0 Å².